The minimum Gasteiger partial charge on any atom is -0.357 e. The summed E-state index contributed by atoms with van der Waals surface area (Å²) < 4.78 is 0.861. The number of Topliss-reactive ketones (excluding diaryl/α,β-unsaturated/α-hetero) is 1. The summed E-state index contributed by atoms with van der Waals surface area (Å²) in [6.07, 6.45) is 1.01. The number of aryl methyl sites for hydroxylation is 1. The lowest BCUT2D eigenvalue weighted by atomic mass is 9.78. The third kappa shape index (κ3) is 4.98. The summed E-state index contributed by atoms with van der Waals surface area (Å²) in [5, 5.41) is 4.24. The van der Waals surface area contributed by atoms with E-state index in [-0.39, 0.29) is 17.6 Å². The molecule has 0 saturated heterocycles. The molecule has 0 unspecified atom stereocenters. The Morgan fingerprint density at radius 3 is 2.40 bits per heavy atom. The Kier molecular flexibility index (Phi) is 7.30. The molecule has 200 valence electrons. The number of allylic oxidation sites excluding steroid dienone is 1. The first-order valence-corrected chi connectivity index (χ1v) is 14.6. The van der Waals surface area contributed by atoms with Crippen LogP contribution in [0.25, 0.3) is 0 Å². The number of para-hydroxylation sites is 2. The summed E-state index contributed by atoms with van der Waals surface area (Å²) in [6, 6.07) is 28.1. The van der Waals surface area contributed by atoms with E-state index >= 15 is 0 Å². The summed E-state index contributed by atoms with van der Waals surface area (Å²) in [6.45, 7) is 2.06. The lowest BCUT2D eigenvalue weighted by molar-refractivity contribution is -0.116. The van der Waals surface area contributed by atoms with Gasteiger partial charge in [-0.25, -0.2) is 0 Å². The summed E-state index contributed by atoms with van der Waals surface area (Å²) in [7, 11) is 0. The van der Waals surface area contributed by atoms with Gasteiger partial charge in [-0.15, -0.1) is 0 Å². The van der Waals surface area contributed by atoms with Crippen molar-refractivity contribution < 1.29 is 9.59 Å². The summed E-state index contributed by atoms with van der Waals surface area (Å²) in [5.74, 6) is -0.226. The molecular weight excluding hydrogens is 607 g/mol. The molecule has 1 heterocycles. The Bertz CT molecular complexity index is 1680. The number of anilines is 2. The Balaban J connectivity index is 1.56. The molecule has 2 aliphatic rings. The molecule has 4 nitrogen and oxygen atoms in total. The smallest absolute Gasteiger partial charge is 0.259 e. The van der Waals surface area contributed by atoms with Crippen LogP contribution in [0.15, 0.2) is 107 Å². The Labute approximate surface area is 251 Å². The number of nitrogens with zero attached hydrogens (tertiary/aromatic N) is 1. The third-order valence-corrected chi connectivity index (χ3v) is 8.82. The lowest BCUT2D eigenvalue weighted by Crippen LogP contribution is -2.38. The number of benzene rings is 4. The van der Waals surface area contributed by atoms with E-state index in [1.54, 1.807) is 23.1 Å². The van der Waals surface area contributed by atoms with Crippen LogP contribution in [0.1, 0.15) is 51.8 Å². The van der Waals surface area contributed by atoms with Crippen molar-refractivity contribution in [2.45, 2.75) is 31.7 Å². The number of carbonyl (C=O) groups excluding carboxylic acids is 2. The first-order chi connectivity index (χ1) is 19.3. The number of rotatable bonds is 3. The molecule has 1 N–H and O–H groups in total. The average Bonchev–Trinajstić information content (AvgIpc) is 3.09. The molecule has 4 aromatic rings. The monoisotopic (exact) mass is 630 g/mol. The molecule has 4 aromatic carbocycles. The van der Waals surface area contributed by atoms with E-state index in [0.29, 0.717) is 39.7 Å². The molecule has 0 radical (unpaired) electrons. The zero-order valence-corrected chi connectivity index (χ0v) is 24.7. The van der Waals surface area contributed by atoms with Gasteiger partial charge in [-0.1, -0.05) is 93.2 Å². The van der Waals surface area contributed by atoms with Crippen molar-refractivity contribution in [3.63, 3.8) is 0 Å². The number of ketones is 1. The zero-order chi connectivity index (χ0) is 28.0. The Morgan fingerprint density at radius 1 is 0.875 bits per heavy atom. The van der Waals surface area contributed by atoms with Crippen molar-refractivity contribution >= 4 is 62.2 Å². The Hall–Kier alpha value is -3.38. The van der Waals surface area contributed by atoms with Crippen LogP contribution in [0.2, 0.25) is 10.0 Å². The van der Waals surface area contributed by atoms with Gasteiger partial charge in [0, 0.05) is 27.7 Å². The topological polar surface area (TPSA) is 49.4 Å². The van der Waals surface area contributed by atoms with Crippen molar-refractivity contribution in [3.05, 3.63) is 139 Å². The van der Waals surface area contributed by atoms with Gasteiger partial charge in [0.25, 0.3) is 5.91 Å². The summed E-state index contributed by atoms with van der Waals surface area (Å²) in [5.41, 5.74) is 6.40. The molecule has 40 heavy (non-hydrogen) atoms. The average molecular weight is 632 g/mol. The van der Waals surface area contributed by atoms with Gasteiger partial charge < -0.3 is 5.32 Å². The molecule has 6 rings (SSSR count). The molecular formula is C33H25BrCl2N2O2. The summed E-state index contributed by atoms with van der Waals surface area (Å²) >= 11 is 16.1. The predicted molar refractivity (Wildman–Crippen MR) is 165 cm³/mol. The number of fused-ring (bicyclic) bond motifs is 1. The highest BCUT2D eigenvalue weighted by atomic mass is 79.9. The van der Waals surface area contributed by atoms with Gasteiger partial charge in [-0.05, 0) is 72.9 Å². The first kappa shape index (κ1) is 26.8. The van der Waals surface area contributed by atoms with E-state index < -0.39 is 6.04 Å². The van der Waals surface area contributed by atoms with E-state index in [4.69, 9.17) is 23.2 Å². The molecule has 0 bridgehead atoms. The number of hydrogen-bond acceptors (Lipinski definition) is 3. The molecule has 1 aliphatic carbocycles. The van der Waals surface area contributed by atoms with E-state index in [1.807, 2.05) is 48.5 Å². The van der Waals surface area contributed by atoms with Gasteiger partial charge in [0.15, 0.2) is 5.78 Å². The molecule has 0 aromatic heterocycles. The maximum absolute atomic E-state index is 14.4. The number of hydrogen-bond donors (Lipinski definition) is 1. The van der Waals surface area contributed by atoms with Crippen molar-refractivity contribution in [3.8, 4) is 0 Å². The van der Waals surface area contributed by atoms with Crippen LogP contribution in [0, 0.1) is 6.92 Å². The highest BCUT2D eigenvalue weighted by molar-refractivity contribution is 9.10. The highest BCUT2D eigenvalue weighted by Gasteiger charge is 2.42. The van der Waals surface area contributed by atoms with Gasteiger partial charge in [-0.2, -0.15) is 0 Å². The molecule has 0 fully saturated rings. The molecule has 7 heteroatoms. The van der Waals surface area contributed by atoms with Gasteiger partial charge >= 0.3 is 0 Å². The molecule has 0 saturated carbocycles. The minimum absolute atomic E-state index is 0.0176. The normalized spacial score (nSPS) is 18.5. The van der Waals surface area contributed by atoms with Crippen molar-refractivity contribution in [1.82, 2.24) is 0 Å². The molecule has 2 atom stereocenters. The van der Waals surface area contributed by atoms with Crippen molar-refractivity contribution in [2.75, 3.05) is 10.2 Å². The number of halogens is 3. The second kappa shape index (κ2) is 10.9. The second-order valence-electron chi connectivity index (χ2n) is 10.2. The van der Waals surface area contributed by atoms with Crippen LogP contribution >= 0.6 is 39.1 Å². The Morgan fingerprint density at radius 2 is 1.65 bits per heavy atom. The summed E-state index contributed by atoms with van der Waals surface area (Å²) in [4.78, 5) is 30.3. The molecule has 1 aliphatic heterocycles. The van der Waals surface area contributed by atoms with Gasteiger partial charge in [0.1, 0.15) is 0 Å². The fourth-order valence-electron chi connectivity index (χ4n) is 5.65. The van der Waals surface area contributed by atoms with Crippen LogP contribution in [0.3, 0.4) is 0 Å². The zero-order valence-electron chi connectivity index (χ0n) is 21.6. The quantitative estimate of drug-likeness (QED) is 0.245. The van der Waals surface area contributed by atoms with Gasteiger partial charge in [0.05, 0.1) is 27.5 Å². The van der Waals surface area contributed by atoms with E-state index in [2.05, 4.69) is 52.4 Å². The van der Waals surface area contributed by atoms with Gasteiger partial charge in [0.2, 0.25) is 0 Å². The fourth-order valence-corrected chi connectivity index (χ4v) is 6.36. The standard InChI is InChI=1S/C33H25BrCl2N2O2/c1-19-9-11-20(12-10-19)23-17-28-31(30(39)18-23)32(21-5-4-6-24(34)15-21)38(29-8-3-2-7-27(29)37-28)33(40)22-13-14-25(35)26(36)16-22/h2-16,23,32,37H,17-18H2,1H3/t23-,32+/m0/s1. The van der Waals surface area contributed by atoms with Gasteiger partial charge in [-0.3, -0.25) is 14.5 Å². The highest BCUT2D eigenvalue weighted by Crippen LogP contribution is 2.48. The van der Waals surface area contributed by atoms with Crippen molar-refractivity contribution in [1.29, 1.82) is 0 Å². The van der Waals surface area contributed by atoms with E-state index in [1.165, 1.54) is 5.56 Å². The van der Waals surface area contributed by atoms with Crippen LogP contribution < -0.4 is 10.2 Å². The minimum atomic E-state index is -0.655. The lowest BCUT2D eigenvalue weighted by Gasteiger charge is -2.35. The van der Waals surface area contributed by atoms with E-state index in [0.717, 1.165) is 27.0 Å². The molecule has 1 amide bonds. The predicted octanol–water partition coefficient (Wildman–Crippen LogP) is 9.28. The SMILES string of the molecule is Cc1ccc([C@@H]2CC(=O)C3=C(C2)Nc2ccccc2N(C(=O)c2ccc(Cl)c(Cl)c2)[C@@H]3c2cccc(Br)c2)cc1. The first-order valence-electron chi connectivity index (χ1n) is 13.0. The fraction of sp³-hybridized carbons (Fsp3) is 0.152. The number of carbonyl (C=O) groups is 2. The van der Waals surface area contributed by atoms with Crippen molar-refractivity contribution in [2.24, 2.45) is 0 Å². The second-order valence-corrected chi connectivity index (χ2v) is 12.0. The largest absolute Gasteiger partial charge is 0.357 e. The van der Waals surface area contributed by atoms with Crippen LogP contribution in [-0.2, 0) is 4.79 Å². The molecule has 0 spiro atoms. The third-order valence-electron chi connectivity index (χ3n) is 7.59. The number of amides is 1. The van der Waals surface area contributed by atoms with Crippen LogP contribution in [-0.4, -0.2) is 11.7 Å². The van der Waals surface area contributed by atoms with E-state index in [9.17, 15) is 9.59 Å². The maximum Gasteiger partial charge on any atom is 0.259 e. The maximum atomic E-state index is 14.4. The number of nitrogens with one attached hydrogen (secondary N) is 1. The van der Waals surface area contributed by atoms with Crippen LogP contribution in [0.5, 0.6) is 0 Å². The van der Waals surface area contributed by atoms with Crippen LogP contribution in [0.4, 0.5) is 11.4 Å².